The molecule has 1 saturated heterocycles. The second kappa shape index (κ2) is 7.68. The van der Waals surface area contributed by atoms with E-state index in [9.17, 15) is 4.79 Å². The van der Waals surface area contributed by atoms with Crippen LogP contribution in [0, 0.1) is 13.8 Å². The van der Waals surface area contributed by atoms with Gasteiger partial charge < -0.3 is 14.2 Å². The number of hydrogen-bond acceptors (Lipinski definition) is 4. The molecule has 1 aromatic carbocycles. The van der Waals surface area contributed by atoms with Crippen molar-refractivity contribution in [1.82, 2.24) is 19.7 Å². The zero-order chi connectivity index (χ0) is 17.8. The number of piperidine rings is 1. The summed E-state index contributed by atoms with van der Waals surface area (Å²) in [6, 6.07) is 6.00. The topological polar surface area (TPSA) is 60.2 Å². The van der Waals surface area contributed by atoms with Crippen LogP contribution in [0.15, 0.2) is 24.5 Å². The quantitative estimate of drug-likeness (QED) is 0.838. The lowest BCUT2D eigenvalue weighted by Crippen LogP contribution is -2.40. The summed E-state index contributed by atoms with van der Waals surface area (Å²) in [4.78, 5) is 14.5. The van der Waals surface area contributed by atoms with Gasteiger partial charge in [0, 0.05) is 26.1 Å². The summed E-state index contributed by atoms with van der Waals surface area (Å²) in [5.74, 6) is 2.25. The van der Waals surface area contributed by atoms with Gasteiger partial charge in [-0.1, -0.05) is 12.1 Å². The van der Waals surface area contributed by atoms with E-state index in [-0.39, 0.29) is 11.8 Å². The van der Waals surface area contributed by atoms with Gasteiger partial charge in [-0.25, -0.2) is 0 Å². The third-order valence-corrected chi connectivity index (χ3v) is 5.01. The van der Waals surface area contributed by atoms with Crippen molar-refractivity contribution in [3.8, 4) is 5.75 Å². The van der Waals surface area contributed by atoms with Crippen LogP contribution in [-0.4, -0.2) is 45.3 Å². The predicted octanol–water partition coefficient (Wildman–Crippen LogP) is 2.61. The minimum atomic E-state index is 0.150. The Morgan fingerprint density at radius 3 is 2.96 bits per heavy atom. The molecule has 0 spiro atoms. The molecular formula is C19H26N4O2. The molecule has 2 aromatic rings. The molecule has 1 fully saturated rings. The minimum absolute atomic E-state index is 0.150. The standard InChI is InChI=1S/C19H26N4O2/c1-14-6-4-8-17(15(14)2)25-11-9-18(24)23-10-5-7-16(12-23)19-21-20-13-22(19)3/h4,6,8,13,16H,5,7,9-12H2,1-3H3/t16-/m0/s1. The summed E-state index contributed by atoms with van der Waals surface area (Å²) >= 11 is 0. The second-order valence-electron chi connectivity index (χ2n) is 6.78. The Bertz CT molecular complexity index is 741. The first-order valence-electron chi connectivity index (χ1n) is 8.87. The van der Waals surface area contributed by atoms with E-state index in [0.29, 0.717) is 13.0 Å². The average molecular weight is 342 g/mol. The highest BCUT2D eigenvalue weighted by atomic mass is 16.5. The van der Waals surface area contributed by atoms with E-state index in [2.05, 4.69) is 23.2 Å². The van der Waals surface area contributed by atoms with Crippen molar-refractivity contribution in [3.63, 3.8) is 0 Å². The van der Waals surface area contributed by atoms with Crippen LogP contribution < -0.4 is 4.74 Å². The first-order valence-corrected chi connectivity index (χ1v) is 8.87. The first kappa shape index (κ1) is 17.5. The van der Waals surface area contributed by atoms with Gasteiger partial charge in [0.2, 0.25) is 5.91 Å². The Morgan fingerprint density at radius 2 is 2.20 bits per heavy atom. The van der Waals surface area contributed by atoms with Gasteiger partial charge >= 0.3 is 0 Å². The molecular weight excluding hydrogens is 316 g/mol. The maximum Gasteiger partial charge on any atom is 0.226 e. The zero-order valence-electron chi connectivity index (χ0n) is 15.2. The maximum absolute atomic E-state index is 12.5. The maximum atomic E-state index is 12.5. The lowest BCUT2D eigenvalue weighted by atomic mass is 9.97. The van der Waals surface area contributed by atoms with Gasteiger partial charge in [-0.2, -0.15) is 0 Å². The Labute approximate surface area is 148 Å². The largest absolute Gasteiger partial charge is 0.493 e. The van der Waals surface area contributed by atoms with Crippen molar-refractivity contribution in [2.75, 3.05) is 19.7 Å². The number of hydrogen-bond donors (Lipinski definition) is 0. The van der Waals surface area contributed by atoms with Crippen molar-refractivity contribution in [2.45, 2.75) is 39.0 Å². The second-order valence-corrected chi connectivity index (χ2v) is 6.78. The van der Waals surface area contributed by atoms with Crippen molar-refractivity contribution in [1.29, 1.82) is 0 Å². The fourth-order valence-electron chi connectivity index (χ4n) is 3.36. The Kier molecular flexibility index (Phi) is 5.36. The van der Waals surface area contributed by atoms with E-state index in [1.807, 2.05) is 35.6 Å². The number of aromatic nitrogens is 3. The molecule has 2 heterocycles. The number of carbonyl (C=O) groups excluding carboxylic acids is 1. The molecule has 3 rings (SSSR count). The monoisotopic (exact) mass is 342 g/mol. The summed E-state index contributed by atoms with van der Waals surface area (Å²) in [6.07, 6.45) is 4.17. The number of likely N-dealkylation sites (tertiary alicyclic amines) is 1. The number of benzene rings is 1. The summed E-state index contributed by atoms with van der Waals surface area (Å²) < 4.78 is 7.77. The molecule has 0 bridgehead atoms. The number of amides is 1. The van der Waals surface area contributed by atoms with Gasteiger partial charge in [0.25, 0.3) is 0 Å². The van der Waals surface area contributed by atoms with Crippen LogP contribution in [0.3, 0.4) is 0 Å². The molecule has 0 N–H and O–H groups in total. The van der Waals surface area contributed by atoms with Gasteiger partial charge in [0.05, 0.1) is 13.0 Å². The van der Waals surface area contributed by atoms with E-state index >= 15 is 0 Å². The highest BCUT2D eigenvalue weighted by Gasteiger charge is 2.27. The van der Waals surface area contributed by atoms with Gasteiger partial charge in [-0.3, -0.25) is 4.79 Å². The normalized spacial score (nSPS) is 17.6. The van der Waals surface area contributed by atoms with Crippen molar-refractivity contribution < 1.29 is 9.53 Å². The molecule has 1 amide bonds. The fraction of sp³-hybridized carbons (Fsp3) is 0.526. The summed E-state index contributed by atoms with van der Waals surface area (Å²) in [5.41, 5.74) is 2.33. The van der Waals surface area contributed by atoms with Crippen molar-refractivity contribution in [2.24, 2.45) is 7.05 Å². The first-order chi connectivity index (χ1) is 12.1. The van der Waals surface area contributed by atoms with E-state index < -0.39 is 0 Å². The van der Waals surface area contributed by atoms with E-state index in [0.717, 1.165) is 43.1 Å². The average Bonchev–Trinajstić information content (AvgIpc) is 3.04. The lowest BCUT2D eigenvalue weighted by Gasteiger charge is -2.32. The van der Waals surface area contributed by atoms with Crippen LogP contribution in [0.5, 0.6) is 5.75 Å². The Hall–Kier alpha value is -2.37. The Morgan fingerprint density at radius 1 is 1.36 bits per heavy atom. The smallest absolute Gasteiger partial charge is 0.226 e. The van der Waals surface area contributed by atoms with Crippen molar-refractivity contribution in [3.05, 3.63) is 41.5 Å². The molecule has 134 valence electrons. The van der Waals surface area contributed by atoms with Crippen LogP contribution in [-0.2, 0) is 11.8 Å². The fourth-order valence-corrected chi connectivity index (χ4v) is 3.36. The number of nitrogens with zero attached hydrogens (tertiary/aromatic N) is 4. The number of carbonyl (C=O) groups is 1. The van der Waals surface area contributed by atoms with Gasteiger partial charge in [-0.05, 0) is 43.9 Å². The number of ether oxygens (including phenoxy) is 1. The molecule has 1 aliphatic heterocycles. The molecule has 0 radical (unpaired) electrons. The van der Waals surface area contributed by atoms with E-state index in [1.54, 1.807) is 6.33 Å². The number of rotatable bonds is 5. The van der Waals surface area contributed by atoms with Crippen LogP contribution >= 0.6 is 0 Å². The number of aryl methyl sites for hydroxylation is 2. The van der Waals surface area contributed by atoms with Crippen molar-refractivity contribution >= 4 is 5.91 Å². The molecule has 1 atom stereocenters. The van der Waals surface area contributed by atoms with Crippen LogP contribution in [0.4, 0.5) is 0 Å². The summed E-state index contributed by atoms with van der Waals surface area (Å²) in [6.45, 7) is 6.05. The van der Waals surface area contributed by atoms with Gasteiger partial charge in [0.15, 0.2) is 0 Å². The molecule has 6 nitrogen and oxygen atoms in total. The molecule has 6 heteroatoms. The summed E-state index contributed by atoms with van der Waals surface area (Å²) in [5, 5.41) is 8.16. The molecule has 0 unspecified atom stereocenters. The van der Waals surface area contributed by atoms with Gasteiger partial charge in [0.1, 0.15) is 17.9 Å². The SMILES string of the molecule is Cc1cccc(OCCC(=O)N2CCC[C@H](c3nncn3C)C2)c1C. The molecule has 1 aromatic heterocycles. The highest BCUT2D eigenvalue weighted by Crippen LogP contribution is 2.25. The highest BCUT2D eigenvalue weighted by molar-refractivity contribution is 5.76. The predicted molar refractivity (Wildman–Crippen MR) is 95.6 cm³/mol. The third kappa shape index (κ3) is 4.00. The summed E-state index contributed by atoms with van der Waals surface area (Å²) in [7, 11) is 1.95. The third-order valence-electron chi connectivity index (χ3n) is 5.01. The minimum Gasteiger partial charge on any atom is -0.493 e. The molecule has 0 aliphatic carbocycles. The molecule has 25 heavy (non-hydrogen) atoms. The Balaban J connectivity index is 1.53. The van der Waals surface area contributed by atoms with E-state index in [1.165, 1.54) is 5.56 Å². The molecule has 0 saturated carbocycles. The van der Waals surface area contributed by atoms with Crippen LogP contribution in [0.2, 0.25) is 0 Å². The molecule has 1 aliphatic rings. The van der Waals surface area contributed by atoms with Gasteiger partial charge in [-0.15, -0.1) is 10.2 Å². The van der Waals surface area contributed by atoms with Crippen LogP contribution in [0.1, 0.15) is 42.1 Å². The van der Waals surface area contributed by atoms with Crippen LogP contribution in [0.25, 0.3) is 0 Å². The van der Waals surface area contributed by atoms with E-state index in [4.69, 9.17) is 4.74 Å². The lowest BCUT2D eigenvalue weighted by molar-refractivity contribution is -0.133. The zero-order valence-corrected chi connectivity index (χ0v) is 15.2.